The molecule has 0 aromatic heterocycles. The van der Waals surface area contributed by atoms with E-state index in [1.807, 2.05) is 13.8 Å². The molecule has 0 N–H and O–H groups in total. The minimum absolute atomic E-state index is 0.0426. The van der Waals surface area contributed by atoms with Crippen LogP contribution in [0.15, 0.2) is 24.3 Å². The molecule has 2 heterocycles. The van der Waals surface area contributed by atoms with Gasteiger partial charge in [0, 0.05) is 0 Å². The average molecular weight is 341 g/mol. The van der Waals surface area contributed by atoms with Crippen molar-refractivity contribution in [3.8, 4) is 0 Å². The van der Waals surface area contributed by atoms with Crippen molar-refractivity contribution in [3.63, 3.8) is 0 Å². The zero-order chi connectivity index (χ0) is 17.7. The molecule has 4 atom stereocenters. The fourth-order valence-corrected chi connectivity index (χ4v) is 3.97. The molecular formula is C17H18F3NO3. The summed E-state index contributed by atoms with van der Waals surface area (Å²) in [5.41, 5.74) is -1.64. The summed E-state index contributed by atoms with van der Waals surface area (Å²) in [6.45, 7) is 3.71. The molecule has 24 heavy (non-hydrogen) atoms. The summed E-state index contributed by atoms with van der Waals surface area (Å²) in [6.07, 6.45) is -2.75. The van der Waals surface area contributed by atoms with Crippen molar-refractivity contribution in [2.75, 3.05) is 4.90 Å². The van der Waals surface area contributed by atoms with Gasteiger partial charge in [0.25, 0.3) is 0 Å². The Kier molecular flexibility index (Phi) is 3.94. The van der Waals surface area contributed by atoms with Crippen molar-refractivity contribution in [2.45, 2.75) is 44.6 Å². The predicted molar refractivity (Wildman–Crippen MR) is 80.2 cm³/mol. The Hall–Kier alpha value is -1.89. The summed E-state index contributed by atoms with van der Waals surface area (Å²) in [6, 6.07) is 4.22. The van der Waals surface area contributed by atoms with E-state index in [-0.39, 0.29) is 24.1 Å². The van der Waals surface area contributed by atoms with Crippen molar-refractivity contribution in [1.29, 1.82) is 0 Å². The molecule has 2 fully saturated rings. The Labute approximate surface area is 137 Å². The largest absolute Gasteiger partial charge is 0.416 e. The third-order valence-electron chi connectivity index (χ3n) is 5.18. The number of ether oxygens (including phenoxy) is 1. The number of nitrogens with zero attached hydrogens (tertiary/aromatic N) is 1. The maximum atomic E-state index is 12.9. The van der Waals surface area contributed by atoms with Gasteiger partial charge in [0.15, 0.2) is 0 Å². The summed E-state index contributed by atoms with van der Waals surface area (Å²) in [5, 5.41) is 0. The van der Waals surface area contributed by atoms with Gasteiger partial charge in [0.05, 0.1) is 28.9 Å². The van der Waals surface area contributed by atoms with Crippen LogP contribution in [-0.2, 0) is 20.5 Å². The van der Waals surface area contributed by atoms with Crippen LogP contribution in [0.2, 0.25) is 0 Å². The maximum Gasteiger partial charge on any atom is 0.416 e. The second-order valence-electron chi connectivity index (χ2n) is 6.71. The fraction of sp³-hybridized carbons (Fsp3) is 0.529. The van der Waals surface area contributed by atoms with E-state index in [9.17, 15) is 22.8 Å². The molecule has 2 unspecified atom stereocenters. The van der Waals surface area contributed by atoms with Gasteiger partial charge in [0.1, 0.15) is 0 Å². The third-order valence-corrected chi connectivity index (χ3v) is 5.18. The highest BCUT2D eigenvalue weighted by atomic mass is 19.4. The quantitative estimate of drug-likeness (QED) is 0.792. The molecule has 0 radical (unpaired) electrons. The molecular weight excluding hydrogens is 323 g/mol. The van der Waals surface area contributed by atoms with Crippen LogP contribution in [0.3, 0.4) is 0 Å². The summed E-state index contributed by atoms with van der Waals surface area (Å²) in [7, 11) is 0. The van der Waals surface area contributed by atoms with Crippen LogP contribution in [0.1, 0.15) is 32.3 Å². The summed E-state index contributed by atoms with van der Waals surface area (Å²) in [4.78, 5) is 25.1. The van der Waals surface area contributed by atoms with E-state index >= 15 is 0 Å². The lowest BCUT2D eigenvalue weighted by atomic mass is 9.72. The second kappa shape index (κ2) is 5.58. The molecule has 1 aromatic rings. The van der Waals surface area contributed by atoms with Crippen molar-refractivity contribution >= 4 is 18.0 Å². The molecule has 130 valence electrons. The molecule has 2 bridgehead atoms. The molecule has 1 aromatic carbocycles. The molecule has 2 aliphatic rings. The van der Waals surface area contributed by atoms with Crippen LogP contribution in [-0.4, -0.2) is 24.0 Å². The van der Waals surface area contributed by atoms with Gasteiger partial charge in [-0.15, -0.1) is 0 Å². The van der Waals surface area contributed by atoms with Gasteiger partial charge in [-0.05, 0) is 43.9 Å². The fourth-order valence-electron chi connectivity index (χ4n) is 3.97. The number of hydrogen-bond donors (Lipinski definition) is 0. The Morgan fingerprint density at radius 1 is 1.42 bits per heavy atom. The molecule has 2 amide bonds. The van der Waals surface area contributed by atoms with E-state index < -0.39 is 29.2 Å². The number of benzene rings is 1. The van der Waals surface area contributed by atoms with E-state index in [0.717, 1.165) is 23.5 Å². The maximum absolute atomic E-state index is 12.9. The van der Waals surface area contributed by atoms with Gasteiger partial charge in [-0.2, -0.15) is 13.2 Å². The lowest BCUT2D eigenvalue weighted by Crippen LogP contribution is -2.47. The molecule has 0 aliphatic carbocycles. The topological polar surface area (TPSA) is 46.6 Å². The Bertz CT molecular complexity index is 675. The standard InChI is InChI=1S/C17H18F3NO3/c1-10-13-6-7-16(2,24-13)14(10)15(23)21(9-22)12-5-3-4-11(8-12)17(18,19)20/h3-5,8-10,13-14H,6-7H2,1-2H3/t10-,13?,14+,16?/m1/s1. The highest BCUT2D eigenvalue weighted by molar-refractivity contribution is 6.08. The molecule has 4 nitrogen and oxygen atoms in total. The number of amides is 2. The molecule has 3 rings (SSSR count). The minimum atomic E-state index is -4.54. The van der Waals surface area contributed by atoms with Crippen molar-refractivity contribution in [3.05, 3.63) is 29.8 Å². The highest BCUT2D eigenvalue weighted by Gasteiger charge is 2.58. The van der Waals surface area contributed by atoms with E-state index in [0.29, 0.717) is 6.42 Å². The smallest absolute Gasteiger partial charge is 0.371 e. The molecule has 2 aliphatic heterocycles. The van der Waals surface area contributed by atoms with Crippen LogP contribution in [0.4, 0.5) is 18.9 Å². The number of hydrogen-bond acceptors (Lipinski definition) is 3. The highest BCUT2D eigenvalue weighted by Crippen LogP contribution is 2.51. The number of anilines is 1. The van der Waals surface area contributed by atoms with Crippen LogP contribution < -0.4 is 4.90 Å². The van der Waals surface area contributed by atoms with Gasteiger partial charge < -0.3 is 4.74 Å². The first kappa shape index (κ1) is 17.0. The molecule has 0 spiro atoms. The first-order valence-electron chi connectivity index (χ1n) is 7.81. The number of fused-ring (bicyclic) bond motifs is 2. The van der Waals surface area contributed by atoms with Gasteiger partial charge >= 0.3 is 6.18 Å². The summed E-state index contributed by atoms with van der Waals surface area (Å²) in [5.74, 6) is -1.14. The SMILES string of the molecule is C[C@@H]1C2CCC(C)(O2)[C@@H]1C(=O)N(C=O)c1cccc(C(F)(F)F)c1. The van der Waals surface area contributed by atoms with E-state index in [4.69, 9.17) is 4.74 Å². The van der Waals surface area contributed by atoms with Crippen molar-refractivity contribution in [1.82, 2.24) is 0 Å². The number of carbonyl (C=O) groups excluding carboxylic acids is 2. The predicted octanol–water partition coefficient (Wildman–Crippen LogP) is 3.40. The van der Waals surface area contributed by atoms with E-state index in [1.165, 1.54) is 12.1 Å². The van der Waals surface area contributed by atoms with Crippen molar-refractivity contribution < 1.29 is 27.5 Å². The first-order chi connectivity index (χ1) is 11.2. The van der Waals surface area contributed by atoms with Gasteiger partial charge in [-0.1, -0.05) is 13.0 Å². The third kappa shape index (κ3) is 2.60. The normalized spacial score (nSPS) is 32.0. The van der Waals surface area contributed by atoms with Crippen LogP contribution in [0.5, 0.6) is 0 Å². The molecule has 0 saturated carbocycles. The van der Waals surface area contributed by atoms with Crippen molar-refractivity contribution in [2.24, 2.45) is 11.8 Å². The Balaban J connectivity index is 1.92. The Morgan fingerprint density at radius 3 is 2.67 bits per heavy atom. The number of carbonyl (C=O) groups is 2. The molecule has 7 heteroatoms. The number of halogens is 3. The van der Waals surface area contributed by atoms with Crippen LogP contribution >= 0.6 is 0 Å². The zero-order valence-electron chi connectivity index (χ0n) is 13.3. The second-order valence-corrected chi connectivity index (χ2v) is 6.71. The van der Waals surface area contributed by atoms with E-state index in [1.54, 1.807) is 0 Å². The lowest BCUT2D eigenvalue weighted by molar-refractivity contribution is -0.138. The van der Waals surface area contributed by atoms with Crippen LogP contribution in [0, 0.1) is 11.8 Å². The average Bonchev–Trinajstić information content (AvgIpc) is 3.01. The van der Waals surface area contributed by atoms with Gasteiger partial charge in [-0.25, -0.2) is 0 Å². The summed E-state index contributed by atoms with van der Waals surface area (Å²) >= 11 is 0. The first-order valence-corrected chi connectivity index (χ1v) is 7.81. The monoisotopic (exact) mass is 341 g/mol. The molecule has 2 saturated heterocycles. The lowest BCUT2D eigenvalue weighted by Gasteiger charge is -2.33. The van der Waals surface area contributed by atoms with Crippen LogP contribution in [0.25, 0.3) is 0 Å². The number of imide groups is 1. The Morgan fingerprint density at radius 2 is 2.12 bits per heavy atom. The zero-order valence-corrected chi connectivity index (χ0v) is 13.3. The number of rotatable bonds is 3. The van der Waals surface area contributed by atoms with Gasteiger partial charge in [0.2, 0.25) is 12.3 Å². The van der Waals surface area contributed by atoms with Gasteiger partial charge in [-0.3, -0.25) is 14.5 Å². The summed E-state index contributed by atoms with van der Waals surface area (Å²) < 4.78 is 44.5. The number of alkyl halides is 3. The minimum Gasteiger partial charge on any atom is -0.371 e. The van der Waals surface area contributed by atoms with E-state index in [2.05, 4.69) is 0 Å².